The summed E-state index contributed by atoms with van der Waals surface area (Å²) >= 11 is 0. The number of aromatic nitrogens is 1. The van der Waals surface area contributed by atoms with Gasteiger partial charge in [0.25, 0.3) is 5.91 Å². The number of hydrogen-bond donors (Lipinski definition) is 1. The van der Waals surface area contributed by atoms with Crippen molar-refractivity contribution in [1.82, 2.24) is 4.98 Å². The Kier molecular flexibility index (Phi) is 4.32. The van der Waals surface area contributed by atoms with Crippen molar-refractivity contribution in [2.75, 3.05) is 11.9 Å². The van der Waals surface area contributed by atoms with Crippen molar-refractivity contribution in [3.8, 4) is 0 Å². The molecule has 136 valence electrons. The third kappa shape index (κ3) is 3.51. The summed E-state index contributed by atoms with van der Waals surface area (Å²) < 4.78 is 32.4. The third-order valence-electron chi connectivity index (χ3n) is 4.29. The highest BCUT2D eigenvalue weighted by atomic mass is 19.1. The second-order valence-electron chi connectivity index (χ2n) is 6.39. The number of carbonyl (C=O) groups excluding carboxylic acids is 1. The van der Waals surface area contributed by atoms with Crippen LogP contribution in [0.5, 0.6) is 0 Å². The Balaban J connectivity index is 1.80. The van der Waals surface area contributed by atoms with E-state index in [1.165, 1.54) is 0 Å². The molecule has 0 atom stereocenters. The number of rotatable bonds is 3. The first-order valence-corrected chi connectivity index (χ1v) is 8.52. The predicted molar refractivity (Wildman–Crippen MR) is 99.3 cm³/mol. The first kappa shape index (κ1) is 17.1. The van der Waals surface area contributed by atoms with E-state index >= 15 is 0 Å². The van der Waals surface area contributed by atoms with Gasteiger partial charge in [-0.2, -0.15) is 0 Å². The summed E-state index contributed by atoms with van der Waals surface area (Å²) in [7, 11) is 0. The number of halogens is 2. The zero-order chi connectivity index (χ0) is 19.0. The molecule has 0 saturated carbocycles. The SMILES string of the molecule is Cc1ccc2nc(C3=CCCO3)cc(C(=O)Nc3cc(F)cc(F)c3)c2c1. The molecule has 0 radical (unpaired) electrons. The van der Waals surface area contributed by atoms with Crippen LogP contribution in [-0.4, -0.2) is 17.5 Å². The van der Waals surface area contributed by atoms with Gasteiger partial charge in [-0.05, 0) is 43.3 Å². The molecule has 2 heterocycles. The van der Waals surface area contributed by atoms with Crippen molar-refractivity contribution in [2.45, 2.75) is 13.3 Å². The molecular formula is C21H16F2N2O2. The Hall–Kier alpha value is -3.28. The average molecular weight is 366 g/mol. The second-order valence-corrected chi connectivity index (χ2v) is 6.39. The number of pyridine rings is 1. The minimum atomic E-state index is -0.758. The van der Waals surface area contributed by atoms with Gasteiger partial charge in [0.05, 0.1) is 17.7 Å². The van der Waals surface area contributed by atoms with Crippen LogP contribution in [-0.2, 0) is 4.74 Å². The van der Waals surface area contributed by atoms with Crippen LogP contribution in [0.2, 0.25) is 0 Å². The van der Waals surface area contributed by atoms with Crippen LogP contribution < -0.4 is 5.32 Å². The van der Waals surface area contributed by atoms with E-state index in [4.69, 9.17) is 4.74 Å². The summed E-state index contributed by atoms with van der Waals surface area (Å²) in [6.07, 6.45) is 2.71. The van der Waals surface area contributed by atoms with E-state index < -0.39 is 17.5 Å². The second kappa shape index (κ2) is 6.79. The Bertz CT molecular complexity index is 1070. The lowest BCUT2D eigenvalue weighted by Crippen LogP contribution is -2.14. The summed E-state index contributed by atoms with van der Waals surface area (Å²) in [6, 6.07) is 10.1. The molecule has 0 saturated heterocycles. The number of aryl methyl sites for hydroxylation is 1. The smallest absolute Gasteiger partial charge is 0.256 e. The molecule has 0 unspecified atom stereocenters. The first-order valence-electron chi connectivity index (χ1n) is 8.52. The predicted octanol–water partition coefficient (Wildman–Crippen LogP) is 4.83. The highest BCUT2D eigenvalue weighted by molar-refractivity contribution is 6.12. The largest absolute Gasteiger partial charge is 0.491 e. The monoisotopic (exact) mass is 366 g/mol. The van der Waals surface area contributed by atoms with Gasteiger partial charge < -0.3 is 10.1 Å². The van der Waals surface area contributed by atoms with Gasteiger partial charge in [-0.25, -0.2) is 13.8 Å². The van der Waals surface area contributed by atoms with Gasteiger partial charge in [0.1, 0.15) is 23.1 Å². The van der Waals surface area contributed by atoms with E-state index in [1.54, 1.807) is 6.07 Å². The fraction of sp³-hybridized carbons (Fsp3) is 0.143. The van der Waals surface area contributed by atoms with Gasteiger partial charge in [0.2, 0.25) is 0 Å². The van der Waals surface area contributed by atoms with Crippen LogP contribution in [0.15, 0.2) is 48.5 Å². The number of fused-ring (bicyclic) bond motifs is 1. The molecule has 0 spiro atoms. The standard InChI is InChI=1S/C21H16F2N2O2/c1-12-4-5-18-16(7-12)17(11-19(25-18)20-3-2-6-27-20)21(26)24-15-9-13(22)8-14(23)10-15/h3-5,7-11H,2,6H2,1H3,(H,24,26). The number of amides is 1. The molecule has 0 aliphatic carbocycles. The molecule has 1 aromatic heterocycles. The summed E-state index contributed by atoms with van der Waals surface area (Å²) in [4.78, 5) is 17.5. The van der Waals surface area contributed by atoms with Gasteiger partial charge >= 0.3 is 0 Å². The highest BCUT2D eigenvalue weighted by Crippen LogP contribution is 2.27. The van der Waals surface area contributed by atoms with Crippen molar-refractivity contribution in [3.63, 3.8) is 0 Å². The van der Waals surface area contributed by atoms with Gasteiger partial charge in [-0.15, -0.1) is 0 Å². The zero-order valence-corrected chi connectivity index (χ0v) is 14.6. The van der Waals surface area contributed by atoms with Gasteiger partial charge in [0, 0.05) is 23.6 Å². The quantitative estimate of drug-likeness (QED) is 0.722. The number of ether oxygens (including phenoxy) is 1. The van der Waals surface area contributed by atoms with E-state index in [1.807, 2.05) is 31.2 Å². The molecule has 0 fully saturated rings. The van der Waals surface area contributed by atoms with Gasteiger partial charge in [-0.3, -0.25) is 4.79 Å². The number of benzene rings is 2. The lowest BCUT2D eigenvalue weighted by Gasteiger charge is -2.12. The summed E-state index contributed by atoms with van der Waals surface area (Å²) in [5.41, 5.74) is 2.58. The Morgan fingerprint density at radius 2 is 1.89 bits per heavy atom. The molecule has 6 heteroatoms. The first-order chi connectivity index (χ1) is 13.0. The fourth-order valence-corrected chi connectivity index (χ4v) is 3.07. The van der Waals surface area contributed by atoms with Crippen LogP contribution in [0, 0.1) is 18.6 Å². The van der Waals surface area contributed by atoms with Crippen LogP contribution in [0.1, 0.15) is 28.0 Å². The molecular weight excluding hydrogens is 350 g/mol. The molecule has 1 N–H and O–H groups in total. The van der Waals surface area contributed by atoms with Gasteiger partial charge in [-0.1, -0.05) is 11.6 Å². The van der Waals surface area contributed by atoms with Crippen molar-refractivity contribution >= 4 is 28.3 Å². The normalized spacial score (nSPS) is 13.4. The van der Waals surface area contributed by atoms with E-state index in [0.717, 1.165) is 30.2 Å². The minimum absolute atomic E-state index is 0.0491. The van der Waals surface area contributed by atoms with E-state index in [-0.39, 0.29) is 5.69 Å². The zero-order valence-electron chi connectivity index (χ0n) is 14.6. The molecule has 0 bridgehead atoms. The Morgan fingerprint density at radius 1 is 1.11 bits per heavy atom. The average Bonchev–Trinajstić information content (AvgIpc) is 3.14. The number of carbonyl (C=O) groups is 1. The lowest BCUT2D eigenvalue weighted by atomic mass is 10.0. The molecule has 2 aromatic carbocycles. The molecule has 27 heavy (non-hydrogen) atoms. The summed E-state index contributed by atoms with van der Waals surface area (Å²) in [6.45, 7) is 2.49. The number of anilines is 1. The van der Waals surface area contributed by atoms with Crippen molar-refractivity contribution in [1.29, 1.82) is 0 Å². The number of nitrogens with zero attached hydrogens (tertiary/aromatic N) is 1. The van der Waals surface area contributed by atoms with Crippen LogP contribution in [0.3, 0.4) is 0 Å². The maximum atomic E-state index is 13.4. The maximum Gasteiger partial charge on any atom is 0.256 e. The maximum absolute atomic E-state index is 13.4. The molecule has 1 aliphatic heterocycles. The van der Waals surface area contributed by atoms with Crippen LogP contribution in [0.25, 0.3) is 16.7 Å². The Morgan fingerprint density at radius 3 is 2.59 bits per heavy atom. The van der Waals surface area contributed by atoms with Crippen molar-refractivity contribution in [3.05, 3.63) is 77.0 Å². The molecule has 4 nitrogen and oxygen atoms in total. The fourth-order valence-electron chi connectivity index (χ4n) is 3.07. The van der Waals surface area contributed by atoms with E-state index in [0.29, 0.717) is 34.5 Å². The Labute approximate surface area is 154 Å². The summed E-state index contributed by atoms with van der Waals surface area (Å²) in [5, 5.41) is 3.22. The highest BCUT2D eigenvalue weighted by Gasteiger charge is 2.18. The molecule has 4 rings (SSSR count). The van der Waals surface area contributed by atoms with E-state index in [9.17, 15) is 13.6 Å². The van der Waals surface area contributed by atoms with Crippen LogP contribution in [0.4, 0.5) is 14.5 Å². The third-order valence-corrected chi connectivity index (χ3v) is 4.29. The van der Waals surface area contributed by atoms with Crippen molar-refractivity contribution in [2.24, 2.45) is 0 Å². The molecule has 1 amide bonds. The minimum Gasteiger partial charge on any atom is -0.491 e. The molecule has 1 aliphatic rings. The van der Waals surface area contributed by atoms with E-state index in [2.05, 4.69) is 10.3 Å². The lowest BCUT2D eigenvalue weighted by molar-refractivity contribution is 0.102. The topological polar surface area (TPSA) is 51.2 Å². The van der Waals surface area contributed by atoms with Crippen LogP contribution >= 0.6 is 0 Å². The van der Waals surface area contributed by atoms with Crippen molar-refractivity contribution < 1.29 is 18.3 Å². The number of hydrogen-bond acceptors (Lipinski definition) is 3. The number of nitrogens with one attached hydrogen (secondary N) is 1. The van der Waals surface area contributed by atoms with Gasteiger partial charge in [0.15, 0.2) is 0 Å². The molecule has 3 aromatic rings. The summed E-state index contributed by atoms with van der Waals surface area (Å²) in [5.74, 6) is -1.36.